The molecular weight excluding hydrogens is 327 g/mol. The molecule has 0 spiro atoms. The van der Waals surface area contributed by atoms with Crippen LogP contribution in [0.1, 0.15) is 24.1 Å². The number of methoxy groups -OCH3 is 1. The van der Waals surface area contributed by atoms with Crippen LogP contribution in [0.4, 0.5) is 10.1 Å². The van der Waals surface area contributed by atoms with Gasteiger partial charge in [0.05, 0.1) is 13.2 Å². The Morgan fingerprint density at radius 2 is 1.88 bits per heavy atom. The lowest BCUT2D eigenvalue weighted by Crippen LogP contribution is -2.37. The number of nitrogens with one attached hydrogen (secondary N) is 2. The SMILES string of the molecule is COc1ccc(O)c([C@@H](C)NC(=O)C(=O)Nc2cc(F)ccc2C)c1. The number of hydrogen-bond donors (Lipinski definition) is 3. The number of carbonyl (C=O) groups excluding carboxylic acids is 2. The van der Waals surface area contributed by atoms with Gasteiger partial charge in [-0.05, 0) is 49.7 Å². The van der Waals surface area contributed by atoms with Crippen molar-refractivity contribution in [3.63, 3.8) is 0 Å². The predicted molar refractivity (Wildman–Crippen MR) is 91.0 cm³/mol. The molecule has 2 aromatic carbocycles. The number of aryl methyl sites for hydroxylation is 1. The van der Waals surface area contributed by atoms with Gasteiger partial charge in [-0.3, -0.25) is 9.59 Å². The van der Waals surface area contributed by atoms with E-state index in [1.807, 2.05) is 0 Å². The monoisotopic (exact) mass is 346 g/mol. The maximum Gasteiger partial charge on any atom is 0.313 e. The summed E-state index contributed by atoms with van der Waals surface area (Å²) in [6, 6.07) is 7.84. The quantitative estimate of drug-likeness (QED) is 0.743. The van der Waals surface area contributed by atoms with Crippen LogP contribution in [0.25, 0.3) is 0 Å². The summed E-state index contributed by atoms with van der Waals surface area (Å²) in [5.41, 5.74) is 1.25. The Balaban J connectivity index is 2.08. The van der Waals surface area contributed by atoms with Crippen LogP contribution in [0.2, 0.25) is 0 Å². The average Bonchev–Trinajstić information content (AvgIpc) is 2.58. The van der Waals surface area contributed by atoms with E-state index in [9.17, 15) is 19.1 Å². The summed E-state index contributed by atoms with van der Waals surface area (Å²) in [7, 11) is 1.48. The van der Waals surface area contributed by atoms with E-state index in [1.54, 1.807) is 26.0 Å². The van der Waals surface area contributed by atoms with Gasteiger partial charge in [0, 0.05) is 11.3 Å². The first kappa shape index (κ1) is 18.3. The molecule has 0 saturated carbocycles. The number of phenols is 1. The van der Waals surface area contributed by atoms with Crippen LogP contribution in [0.3, 0.4) is 0 Å². The minimum atomic E-state index is -0.928. The Bertz CT molecular complexity index is 808. The summed E-state index contributed by atoms with van der Waals surface area (Å²) in [4.78, 5) is 24.1. The third-order valence-electron chi connectivity index (χ3n) is 3.70. The summed E-state index contributed by atoms with van der Waals surface area (Å²) in [6.07, 6.45) is 0. The topological polar surface area (TPSA) is 87.7 Å². The number of amides is 2. The molecule has 7 heteroatoms. The van der Waals surface area contributed by atoms with E-state index in [-0.39, 0.29) is 11.4 Å². The number of anilines is 1. The normalized spacial score (nSPS) is 11.5. The third kappa shape index (κ3) is 4.47. The molecule has 2 aromatic rings. The third-order valence-corrected chi connectivity index (χ3v) is 3.70. The van der Waals surface area contributed by atoms with Gasteiger partial charge in [0.1, 0.15) is 17.3 Å². The molecule has 0 aliphatic heterocycles. The van der Waals surface area contributed by atoms with Gasteiger partial charge in [-0.2, -0.15) is 0 Å². The first-order chi connectivity index (χ1) is 11.8. The van der Waals surface area contributed by atoms with Gasteiger partial charge in [-0.1, -0.05) is 6.07 Å². The molecule has 0 radical (unpaired) electrons. The van der Waals surface area contributed by atoms with Crippen molar-refractivity contribution in [1.29, 1.82) is 0 Å². The summed E-state index contributed by atoms with van der Waals surface area (Å²) in [5.74, 6) is -1.87. The minimum Gasteiger partial charge on any atom is -0.508 e. The molecule has 6 nitrogen and oxygen atoms in total. The Morgan fingerprint density at radius 1 is 1.16 bits per heavy atom. The summed E-state index contributed by atoms with van der Waals surface area (Å²) < 4.78 is 18.3. The Morgan fingerprint density at radius 3 is 2.56 bits per heavy atom. The maximum absolute atomic E-state index is 13.3. The highest BCUT2D eigenvalue weighted by Crippen LogP contribution is 2.28. The molecule has 0 fully saturated rings. The first-order valence-electron chi connectivity index (χ1n) is 7.56. The molecule has 0 bridgehead atoms. The zero-order chi connectivity index (χ0) is 18.6. The molecule has 2 rings (SSSR count). The molecule has 25 heavy (non-hydrogen) atoms. The van der Waals surface area contributed by atoms with Crippen molar-refractivity contribution in [2.75, 3.05) is 12.4 Å². The molecule has 0 saturated heterocycles. The van der Waals surface area contributed by atoms with E-state index in [4.69, 9.17) is 4.74 Å². The summed E-state index contributed by atoms with van der Waals surface area (Å²) in [6.45, 7) is 3.30. The number of halogens is 1. The van der Waals surface area contributed by atoms with E-state index < -0.39 is 23.7 Å². The zero-order valence-electron chi connectivity index (χ0n) is 14.1. The van der Waals surface area contributed by atoms with E-state index in [0.29, 0.717) is 16.9 Å². The molecule has 3 N–H and O–H groups in total. The smallest absolute Gasteiger partial charge is 0.313 e. The van der Waals surface area contributed by atoms with Gasteiger partial charge >= 0.3 is 11.8 Å². The first-order valence-corrected chi connectivity index (χ1v) is 7.56. The van der Waals surface area contributed by atoms with Crippen LogP contribution in [0, 0.1) is 12.7 Å². The second-order valence-corrected chi connectivity index (χ2v) is 5.53. The Labute approximate surface area is 144 Å². The van der Waals surface area contributed by atoms with Crippen LogP contribution in [-0.2, 0) is 9.59 Å². The van der Waals surface area contributed by atoms with Crippen molar-refractivity contribution in [1.82, 2.24) is 5.32 Å². The number of ether oxygens (including phenoxy) is 1. The number of hydrogen-bond acceptors (Lipinski definition) is 4. The second-order valence-electron chi connectivity index (χ2n) is 5.53. The van der Waals surface area contributed by atoms with Crippen molar-refractivity contribution in [3.8, 4) is 11.5 Å². The molecule has 0 aromatic heterocycles. The Kier molecular flexibility index (Phi) is 5.59. The standard InChI is InChI=1S/C18H19FN2O4/c1-10-4-5-12(19)8-15(10)21-18(24)17(23)20-11(2)14-9-13(25-3)6-7-16(14)22/h4-9,11,22H,1-3H3,(H,20,23)(H,21,24)/t11-/m1/s1. The van der Waals surface area contributed by atoms with Crippen LogP contribution in [0.5, 0.6) is 11.5 Å². The van der Waals surface area contributed by atoms with Gasteiger partial charge in [0.15, 0.2) is 0 Å². The van der Waals surface area contributed by atoms with E-state index in [2.05, 4.69) is 10.6 Å². The van der Waals surface area contributed by atoms with Crippen molar-refractivity contribution in [3.05, 3.63) is 53.3 Å². The highest BCUT2D eigenvalue weighted by molar-refractivity contribution is 6.39. The van der Waals surface area contributed by atoms with Crippen molar-refractivity contribution in [2.24, 2.45) is 0 Å². The van der Waals surface area contributed by atoms with Crippen LogP contribution in [-0.4, -0.2) is 24.0 Å². The van der Waals surface area contributed by atoms with Crippen LogP contribution >= 0.6 is 0 Å². The number of aromatic hydroxyl groups is 1. The molecule has 0 aliphatic rings. The summed E-state index contributed by atoms with van der Waals surface area (Å²) >= 11 is 0. The fraction of sp³-hybridized carbons (Fsp3) is 0.222. The number of rotatable bonds is 4. The van der Waals surface area contributed by atoms with Gasteiger partial charge < -0.3 is 20.5 Å². The number of phenolic OH excluding ortho intramolecular Hbond substituents is 1. The fourth-order valence-electron chi connectivity index (χ4n) is 2.25. The largest absolute Gasteiger partial charge is 0.508 e. The molecule has 132 valence electrons. The molecule has 0 heterocycles. The van der Waals surface area contributed by atoms with E-state index in [1.165, 1.54) is 25.3 Å². The number of carbonyl (C=O) groups is 2. The highest BCUT2D eigenvalue weighted by atomic mass is 19.1. The van der Waals surface area contributed by atoms with Gasteiger partial charge in [-0.25, -0.2) is 4.39 Å². The lowest BCUT2D eigenvalue weighted by atomic mass is 10.1. The molecule has 0 aliphatic carbocycles. The van der Waals surface area contributed by atoms with Gasteiger partial charge in [0.25, 0.3) is 0 Å². The summed E-state index contributed by atoms with van der Waals surface area (Å²) in [5, 5.41) is 14.8. The maximum atomic E-state index is 13.3. The van der Waals surface area contributed by atoms with E-state index >= 15 is 0 Å². The predicted octanol–water partition coefficient (Wildman–Crippen LogP) is 2.66. The highest BCUT2D eigenvalue weighted by Gasteiger charge is 2.20. The van der Waals surface area contributed by atoms with Gasteiger partial charge in [0.2, 0.25) is 0 Å². The lowest BCUT2D eigenvalue weighted by molar-refractivity contribution is -0.136. The number of benzene rings is 2. The minimum absolute atomic E-state index is 0.0324. The molecule has 2 amide bonds. The Hall–Kier alpha value is -3.09. The van der Waals surface area contributed by atoms with Gasteiger partial charge in [-0.15, -0.1) is 0 Å². The second kappa shape index (κ2) is 7.65. The zero-order valence-corrected chi connectivity index (χ0v) is 14.1. The lowest BCUT2D eigenvalue weighted by Gasteiger charge is -2.16. The fourth-order valence-corrected chi connectivity index (χ4v) is 2.25. The van der Waals surface area contributed by atoms with Crippen molar-refractivity contribution < 1.29 is 23.8 Å². The van der Waals surface area contributed by atoms with Crippen molar-refractivity contribution >= 4 is 17.5 Å². The molecule has 1 atom stereocenters. The van der Waals surface area contributed by atoms with Crippen LogP contribution in [0.15, 0.2) is 36.4 Å². The van der Waals surface area contributed by atoms with Crippen LogP contribution < -0.4 is 15.4 Å². The van der Waals surface area contributed by atoms with E-state index in [0.717, 1.165) is 6.07 Å². The molecule has 0 unspecified atom stereocenters. The van der Waals surface area contributed by atoms with Crippen molar-refractivity contribution in [2.45, 2.75) is 19.9 Å². The molecular formula is C18H19FN2O4. The average molecular weight is 346 g/mol.